The predicted molar refractivity (Wildman–Crippen MR) is 133 cm³/mol. The lowest BCUT2D eigenvalue weighted by Gasteiger charge is -2.05. The van der Waals surface area contributed by atoms with E-state index in [4.69, 9.17) is 12.2 Å². The molecule has 4 aromatic rings. The molecule has 0 aliphatic carbocycles. The number of hydrogen-bond acceptors (Lipinski definition) is 4. The van der Waals surface area contributed by atoms with E-state index in [-0.39, 0.29) is 11.0 Å². The van der Waals surface area contributed by atoms with Gasteiger partial charge in [0.25, 0.3) is 0 Å². The highest BCUT2D eigenvalue weighted by molar-refractivity contribution is 7.80. The first-order chi connectivity index (χ1) is 15.2. The molecular weight excluding hydrogens is 422 g/mol. The van der Waals surface area contributed by atoms with Crippen LogP contribution in [0.5, 0.6) is 0 Å². The van der Waals surface area contributed by atoms with Gasteiger partial charge >= 0.3 is 0 Å². The van der Waals surface area contributed by atoms with Crippen LogP contribution in [0.2, 0.25) is 0 Å². The summed E-state index contributed by atoms with van der Waals surface area (Å²) in [5.41, 5.74) is 5.15. The van der Waals surface area contributed by atoms with Crippen molar-refractivity contribution in [2.45, 2.75) is 0 Å². The monoisotopic (exact) mass is 441 g/mol. The summed E-state index contributed by atoms with van der Waals surface area (Å²) in [4.78, 5) is 16.6. The van der Waals surface area contributed by atoms with Crippen LogP contribution in [0.4, 0.5) is 5.13 Å². The normalized spacial score (nSPS) is 10.7. The molecule has 0 unspecified atom stereocenters. The number of thiocarbonyl (C=S) groups is 1. The van der Waals surface area contributed by atoms with Crippen LogP contribution < -0.4 is 10.6 Å². The lowest BCUT2D eigenvalue weighted by molar-refractivity contribution is -0.115. The average molecular weight is 442 g/mol. The molecule has 0 bridgehead atoms. The van der Waals surface area contributed by atoms with E-state index in [9.17, 15) is 4.79 Å². The molecule has 0 fully saturated rings. The number of amides is 1. The number of hydrogen-bond donors (Lipinski definition) is 2. The lowest BCUT2D eigenvalue weighted by atomic mass is 10.0. The minimum absolute atomic E-state index is 0.211. The van der Waals surface area contributed by atoms with Crippen LogP contribution in [0.1, 0.15) is 5.56 Å². The second kappa shape index (κ2) is 9.93. The minimum atomic E-state index is -0.297. The number of carbonyl (C=O) groups is 1. The third-order valence-corrected chi connectivity index (χ3v) is 5.44. The van der Waals surface area contributed by atoms with Crippen LogP contribution in [0.25, 0.3) is 28.5 Å². The van der Waals surface area contributed by atoms with Crippen LogP contribution in [0, 0.1) is 0 Å². The first-order valence-corrected chi connectivity index (χ1v) is 10.9. The highest BCUT2D eigenvalue weighted by atomic mass is 32.1. The van der Waals surface area contributed by atoms with Gasteiger partial charge in [0.05, 0.1) is 5.69 Å². The van der Waals surface area contributed by atoms with Gasteiger partial charge in [-0.1, -0.05) is 84.9 Å². The van der Waals surface area contributed by atoms with E-state index < -0.39 is 0 Å². The largest absolute Gasteiger partial charge is 0.308 e. The summed E-state index contributed by atoms with van der Waals surface area (Å²) in [7, 11) is 0. The topological polar surface area (TPSA) is 54.0 Å². The number of nitrogens with one attached hydrogen (secondary N) is 2. The van der Waals surface area contributed by atoms with Crippen molar-refractivity contribution in [1.82, 2.24) is 10.3 Å². The summed E-state index contributed by atoms with van der Waals surface area (Å²) in [6.07, 6.45) is 3.18. The molecule has 0 aliphatic rings. The van der Waals surface area contributed by atoms with Crippen LogP contribution in [0.3, 0.4) is 0 Å². The highest BCUT2D eigenvalue weighted by Crippen LogP contribution is 2.27. The number of benzene rings is 3. The van der Waals surface area contributed by atoms with Crippen molar-refractivity contribution in [3.05, 3.63) is 102 Å². The zero-order chi connectivity index (χ0) is 21.5. The Balaban J connectivity index is 1.35. The summed E-state index contributed by atoms with van der Waals surface area (Å²) in [6.45, 7) is 0. The molecule has 0 spiro atoms. The average Bonchev–Trinajstić information content (AvgIpc) is 3.27. The summed E-state index contributed by atoms with van der Waals surface area (Å²) >= 11 is 6.66. The van der Waals surface area contributed by atoms with Crippen LogP contribution in [0.15, 0.2) is 96.4 Å². The van der Waals surface area contributed by atoms with Gasteiger partial charge in [-0.3, -0.25) is 10.1 Å². The van der Waals surface area contributed by atoms with Gasteiger partial charge in [0, 0.05) is 17.0 Å². The fraction of sp³-hybridized carbons (Fsp3) is 0. The van der Waals surface area contributed by atoms with Gasteiger partial charge in [0.15, 0.2) is 10.2 Å². The smallest absolute Gasteiger partial charge is 0.250 e. The Hall–Kier alpha value is -3.61. The highest BCUT2D eigenvalue weighted by Gasteiger charge is 2.08. The first kappa shape index (κ1) is 20.7. The van der Waals surface area contributed by atoms with E-state index in [1.807, 2.05) is 53.9 Å². The van der Waals surface area contributed by atoms with Gasteiger partial charge < -0.3 is 5.32 Å². The van der Waals surface area contributed by atoms with Crippen LogP contribution in [-0.2, 0) is 4.79 Å². The first-order valence-electron chi connectivity index (χ1n) is 9.64. The quantitative estimate of drug-likeness (QED) is 0.294. The molecular formula is C25H19N3OS2. The Morgan fingerprint density at radius 1 is 0.839 bits per heavy atom. The fourth-order valence-corrected chi connectivity index (χ4v) is 3.93. The van der Waals surface area contributed by atoms with Gasteiger partial charge in [0.1, 0.15) is 0 Å². The zero-order valence-electron chi connectivity index (χ0n) is 16.5. The molecule has 0 saturated heterocycles. The van der Waals surface area contributed by atoms with E-state index in [0.29, 0.717) is 5.13 Å². The van der Waals surface area contributed by atoms with E-state index in [1.54, 1.807) is 6.08 Å². The van der Waals surface area contributed by atoms with Crippen LogP contribution in [-0.4, -0.2) is 16.0 Å². The van der Waals surface area contributed by atoms with Gasteiger partial charge in [-0.15, -0.1) is 11.3 Å². The number of aromatic nitrogens is 1. The molecule has 0 aliphatic heterocycles. The molecule has 0 atom stereocenters. The Labute approximate surface area is 190 Å². The summed E-state index contributed by atoms with van der Waals surface area (Å²) in [5, 5.41) is 8.40. The number of rotatable bonds is 5. The number of anilines is 1. The van der Waals surface area contributed by atoms with Crippen LogP contribution >= 0.6 is 23.6 Å². The standard InChI is InChI=1S/C25H19N3OS2/c29-23(16-11-18-7-3-1-4-8-18)27-24(30)28-25-26-22(17-31-25)21-14-12-20(13-15-21)19-9-5-2-6-10-19/h1-17H,(H2,26,27,28,29,30). The van der Waals surface area contributed by atoms with Crippen molar-refractivity contribution in [1.29, 1.82) is 0 Å². The SMILES string of the molecule is O=C(C=Cc1ccccc1)NC(=S)Nc1nc(-c2ccc(-c3ccccc3)cc2)cs1. The van der Waals surface area contributed by atoms with Crippen molar-refractivity contribution in [3.8, 4) is 22.4 Å². The third-order valence-electron chi connectivity index (χ3n) is 4.48. The Morgan fingerprint density at radius 3 is 2.16 bits per heavy atom. The summed E-state index contributed by atoms with van der Waals surface area (Å²) in [6, 6.07) is 28.1. The van der Waals surface area contributed by atoms with E-state index >= 15 is 0 Å². The summed E-state index contributed by atoms with van der Waals surface area (Å²) < 4.78 is 0. The van der Waals surface area contributed by atoms with Gasteiger partial charge in [-0.05, 0) is 35.0 Å². The molecule has 0 radical (unpaired) electrons. The second-order valence-electron chi connectivity index (χ2n) is 6.67. The minimum Gasteiger partial charge on any atom is -0.308 e. The molecule has 6 heteroatoms. The predicted octanol–water partition coefficient (Wildman–Crippen LogP) is 6.00. The Morgan fingerprint density at radius 2 is 1.45 bits per heavy atom. The fourth-order valence-electron chi connectivity index (χ4n) is 2.95. The second-order valence-corrected chi connectivity index (χ2v) is 7.94. The van der Waals surface area contributed by atoms with Crippen molar-refractivity contribution < 1.29 is 4.79 Å². The van der Waals surface area contributed by atoms with Crippen molar-refractivity contribution >= 4 is 45.8 Å². The van der Waals surface area contributed by atoms with Gasteiger partial charge in [-0.25, -0.2) is 4.98 Å². The third kappa shape index (κ3) is 5.72. The van der Waals surface area contributed by atoms with Crippen molar-refractivity contribution in [2.75, 3.05) is 5.32 Å². The van der Waals surface area contributed by atoms with Gasteiger partial charge in [0.2, 0.25) is 5.91 Å². The van der Waals surface area contributed by atoms with E-state index in [1.165, 1.54) is 23.0 Å². The van der Waals surface area contributed by atoms with Crippen molar-refractivity contribution in [2.24, 2.45) is 0 Å². The summed E-state index contributed by atoms with van der Waals surface area (Å²) in [5.74, 6) is -0.297. The molecule has 1 amide bonds. The molecule has 31 heavy (non-hydrogen) atoms. The maximum Gasteiger partial charge on any atom is 0.250 e. The number of nitrogens with zero attached hydrogens (tertiary/aromatic N) is 1. The van der Waals surface area contributed by atoms with Gasteiger partial charge in [-0.2, -0.15) is 0 Å². The van der Waals surface area contributed by atoms with E-state index in [0.717, 1.165) is 22.4 Å². The molecule has 2 N–H and O–H groups in total. The molecule has 1 heterocycles. The molecule has 4 nitrogen and oxygen atoms in total. The molecule has 1 aromatic heterocycles. The maximum atomic E-state index is 12.1. The number of thiazole rings is 1. The molecule has 4 rings (SSSR count). The number of carbonyl (C=O) groups excluding carboxylic acids is 1. The Bertz CT molecular complexity index is 1200. The molecule has 0 saturated carbocycles. The molecule has 152 valence electrons. The van der Waals surface area contributed by atoms with Crippen molar-refractivity contribution in [3.63, 3.8) is 0 Å². The molecule has 3 aromatic carbocycles. The maximum absolute atomic E-state index is 12.1. The lowest BCUT2D eigenvalue weighted by Crippen LogP contribution is -2.32. The van der Waals surface area contributed by atoms with E-state index in [2.05, 4.69) is 52.0 Å². The zero-order valence-corrected chi connectivity index (χ0v) is 18.1. The Kier molecular flexibility index (Phi) is 6.62.